The Balaban J connectivity index is 2.23. The molecule has 3 aromatic rings. The quantitative estimate of drug-likeness (QED) is 0.642. The Labute approximate surface area is 160 Å². The Hall–Kier alpha value is -3.75. The zero-order valence-corrected chi connectivity index (χ0v) is 15.5. The second-order valence-electron chi connectivity index (χ2n) is 5.90. The molecule has 28 heavy (non-hydrogen) atoms. The molecule has 8 nitrogen and oxygen atoms in total. The maximum atomic E-state index is 12.8. The standard InChI is InChI=1S/C20H18N4O4/c1-4-10-24-19(26)17-18(23(11-12-25)20(24)27)21-16(22(17)2)9-8-14-6-5-7-15(13-14)28-3/h1,5-7,13,25H,10-12H2,2-3H3. The van der Waals surface area contributed by atoms with Crippen molar-refractivity contribution in [3.63, 3.8) is 0 Å². The van der Waals surface area contributed by atoms with Gasteiger partial charge >= 0.3 is 5.69 Å². The summed E-state index contributed by atoms with van der Waals surface area (Å²) in [5.41, 5.74) is -0.0941. The van der Waals surface area contributed by atoms with Crippen molar-refractivity contribution in [2.75, 3.05) is 13.7 Å². The molecule has 0 amide bonds. The van der Waals surface area contributed by atoms with Gasteiger partial charge in [0.15, 0.2) is 17.0 Å². The Kier molecular flexibility index (Phi) is 5.35. The molecule has 0 saturated heterocycles. The third-order valence-corrected chi connectivity index (χ3v) is 4.20. The van der Waals surface area contributed by atoms with Gasteiger partial charge in [0, 0.05) is 12.6 Å². The average Bonchev–Trinajstić information content (AvgIpc) is 3.03. The van der Waals surface area contributed by atoms with Crippen LogP contribution >= 0.6 is 0 Å². The molecule has 0 fully saturated rings. The molecular weight excluding hydrogens is 360 g/mol. The number of nitrogens with zero attached hydrogens (tertiary/aromatic N) is 4. The number of aliphatic hydroxyl groups is 1. The number of aryl methyl sites for hydroxylation is 1. The first-order valence-corrected chi connectivity index (χ1v) is 8.42. The molecule has 0 aliphatic rings. The minimum Gasteiger partial charge on any atom is -0.497 e. The predicted molar refractivity (Wildman–Crippen MR) is 104 cm³/mol. The highest BCUT2D eigenvalue weighted by molar-refractivity contribution is 5.72. The Bertz CT molecular complexity index is 1260. The van der Waals surface area contributed by atoms with E-state index >= 15 is 0 Å². The van der Waals surface area contributed by atoms with E-state index in [0.29, 0.717) is 17.1 Å². The molecule has 0 atom stereocenters. The van der Waals surface area contributed by atoms with Crippen molar-refractivity contribution in [3.8, 4) is 29.9 Å². The van der Waals surface area contributed by atoms with Crippen molar-refractivity contribution in [1.29, 1.82) is 0 Å². The molecule has 0 aliphatic heterocycles. The first kappa shape index (κ1) is 19.0. The second kappa shape index (κ2) is 7.87. The van der Waals surface area contributed by atoms with Crippen LogP contribution in [0.25, 0.3) is 11.2 Å². The number of aliphatic hydroxyl groups excluding tert-OH is 1. The maximum Gasteiger partial charge on any atom is 0.333 e. The lowest BCUT2D eigenvalue weighted by molar-refractivity contribution is 0.274. The number of hydrogen-bond donors (Lipinski definition) is 1. The molecule has 1 aromatic carbocycles. The van der Waals surface area contributed by atoms with Gasteiger partial charge in [0.2, 0.25) is 0 Å². The van der Waals surface area contributed by atoms with E-state index in [1.165, 1.54) is 9.13 Å². The first-order chi connectivity index (χ1) is 13.5. The van der Waals surface area contributed by atoms with Crippen LogP contribution in [-0.2, 0) is 20.1 Å². The van der Waals surface area contributed by atoms with E-state index in [1.807, 2.05) is 18.2 Å². The highest BCUT2D eigenvalue weighted by Gasteiger charge is 2.18. The van der Waals surface area contributed by atoms with E-state index in [0.717, 1.165) is 4.57 Å². The van der Waals surface area contributed by atoms with Gasteiger partial charge < -0.3 is 14.4 Å². The highest BCUT2D eigenvalue weighted by Crippen LogP contribution is 2.12. The number of rotatable bonds is 4. The van der Waals surface area contributed by atoms with Crippen LogP contribution in [0.15, 0.2) is 33.9 Å². The van der Waals surface area contributed by atoms with Crippen LogP contribution < -0.4 is 16.0 Å². The largest absolute Gasteiger partial charge is 0.497 e. The van der Waals surface area contributed by atoms with Crippen molar-refractivity contribution in [3.05, 3.63) is 56.5 Å². The fraction of sp³-hybridized carbons (Fsp3) is 0.250. The summed E-state index contributed by atoms with van der Waals surface area (Å²) in [7, 11) is 3.21. The molecule has 2 heterocycles. The van der Waals surface area contributed by atoms with Crippen LogP contribution in [0.1, 0.15) is 11.4 Å². The number of ether oxygens (including phenoxy) is 1. The third-order valence-electron chi connectivity index (χ3n) is 4.20. The molecule has 8 heteroatoms. The molecular formula is C20H18N4O4. The topological polar surface area (TPSA) is 91.3 Å². The lowest BCUT2D eigenvalue weighted by Crippen LogP contribution is -2.40. The fourth-order valence-electron chi connectivity index (χ4n) is 2.84. The van der Waals surface area contributed by atoms with Crippen LogP contribution in [0, 0.1) is 24.2 Å². The number of fused-ring (bicyclic) bond motifs is 1. The van der Waals surface area contributed by atoms with Gasteiger partial charge in [-0.2, -0.15) is 0 Å². The molecule has 0 aliphatic carbocycles. The van der Waals surface area contributed by atoms with Gasteiger partial charge in [-0.3, -0.25) is 9.36 Å². The number of aromatic nitrogens is 4. The van der Waals surface area contributed by atoms with Crippen LogP contribution in [0.4, 0.5) is 0 Å². The summed E-state index contributed by atoms with van der Waals surface area (Å²) in [6.45, 7) is -0.473. The molecule has 0 saturated carbocycles. The second-order valence-corrected chi connectivity index (χ2v) is 5.90. The fourth-order valence-corrected chi connectivity index (χ4v) is 2.84. The van der Waals surface area contributed by atoms with Gasteiger partial charge in [-0.15, -0.1) is 6.42 Å². The lowest BCUT2D eigenvalue weighted by atomic mass is 10.2. The van der Waals surface area contributed by atoms with Gasteiger partial charge in [-0.25, -0.2) is 14.3 Å². The number of hydrogen-bond acceptors (Lipinski definition) is 5. The van der Waals surface area contributed by atoms with Crippen molar-refractivity contribution in [1.82, 2.24) is 18.7 Å². The zero-order chi connectivity index (χ0) is 20.3. The van der Waals surface area contributed by atoms with E-state index in [1.54, 1.807) is 20.2 Å². The molecule has 142 valence electrons. The molecule has 3 rings (SSSR count). The summed E-state index contributed by atoms with van der Waals surface area (Å²) in [5, 5.41) is 9.31. The van der Waals surface area contributed by atoms with Crippen molar-refractivity contribution in [2.45, 2.75) is 13.1 Å². The van der Waals surface area contributed by atoms with Crippen LogP contribution in [0.2, 0.25) is 0 Å². The Morgan fingerprint density at radius 1 is 1.25 bits per heavy atom. The smallest absolute Gasteiger partial charge is 0.333 e. The third kappa shape index (κ3) is 3.29. The van der Waals surface area contributed by atoms with Crippen LogP contribution in [0.3, 0.4) is 0 Å². The number of terminal acetylenes is 1. The SMILES string of the molecule is C#CCn1c(=O)c2c(nc(C#Cc3cccc(OC)c3)n2C)n(CCO)c1=O. The number of benzene rings is 1. The van der Waals surface area contributed by atoms with Gasteiger partial charge in [0.1, 0.15) is 5.75 Å². The van der Waals surface area contributed by atoms with Gasteiger partial charge in [-0.05, 0) is 24.1 Å². The summed E-state index contributed by atoms with van der Waals surface area (Å²) < 4.78 is 8.87. The highest BCUT2D eigenvalue weighted by atomic mass is 16.5. The molecule has 0 bridgehead atoms. The molecule has 0 unspecified atom stereocenters. The molecule has 0 radical (unpaired) electrons. The summed E-state index contributed by atoms with van der Waals surface area (Å²) in [6, 6.07) is 7.22. The lowest BCUT2D eigenvalue weighted by Gasteiger charge is -2.08. The number of imidazole rings is 1. The van der Waals surface area contributed by atoms with E-state index < -0.39 is 11.2 Å². The molecule has 2 aromatic heterocycles. The van der Waals surface area contributed by atoms with Crippen LogP contribution in [-0.4, -0.2) is 37.5 Å². The van der Waals surface area contributed by atoms with Gasteiger partial charge in [0.05, 0.1) is 26.8 Å². The summed E-state index contributed by atoms with van der Waals surface area (Å²) in [4.78, 5) is 29.7. The summed E-state index contributed by atoms with van der Waals surface area (Å²) >= 11 is 0. The Morgan fingerprint density at radius 2 is 2.04 bits per heavy atom. The summed E-state index contributed by atoms with van der Waals surface area (Å²) in [6.07, 6.45) is 5.28. The van der Waals surface area contributed by atoms with E-state index in [9.17, 15) is 14.7 Å². The molecule has 1 N–H and O–H groups in total. The summed E-state index contributed by atoms with van der Waals surface area (Å²) in [5.74, 6) is 9.17. The number of methoxy groups -OCH3 is 1. The Morgan fingerprint density at radius 3 is 2.71 bits per heavy atom. The zero-order valence-electron chi connectivity index (χ0n) is 15.5. The minimum absolute atomic E-state index is 0.0139. The average molecular weight is 378 g/mol. The minimum atomic E-state index is -0.616. The predicted octanol–water partition coefficient (Wildman–Crippen LogP) is -0.0694. The van der Waals surface area contributed by atoms with Crippen molar-refractivity contribution in [2.24, 2.45) is 7.05 Å². The maximum absolute atomic E-state index is 12.8. The van der Waals surface area contributed by atoms with Crippen molar-refractivity contribution < 1.29 is 9.84 Å². The molecule has 0 spiro atoms. The monoisotopic (exact) mass is 378 g/mol. The normalized spacial score (nSPS) is 10.4. The van der Waals surface area contributed by atoms with E-state index in [4.69, 9.17) is 11.2 Å². The van der Waals surface area contributed by atoms with Crippen molar-refractivity contribution >= 4 is 11.2 Å². The van der Waals surface area contributed by atoms with Gasteiger partial charge in [0.25, 0.3) is 5.56 Å². The van der Waals surface area contributed by atoms with E-state index in [2.05, 4.69) is 22.7 Å². The first-order valence-electron chi connectivity index (χ1n) is 8.42. The van der Waals surface area contributed by atoms with Gasteiger partial charge in [-0.1, -0.05) is 17.9 Å². The van der Waals surface area contributed by atoms with E-state index in [-0.39, 0.29) is 30.9 Å². The van der Waals surface area contributed by atoms with Crippen LogP contribution in [0.5, 0.6) is 5.75 Å².